The summed E-state index contributed by atoms with van der Waals surface area (Å²) in [5.41, 5.74) is 2.03. The highest BCUT2D eigenvalue weighted by molar-refractivity contribution is 6.29. The zero-order valence-corrected chi connectivity index (χ0v) is 12.8. The van der Waals surface area contributed by atoms with Crippen LogP contribution in [0.2, 0.25) is 5.15 Å². The number of benzene rings is 1. The van der Waals surface area contributed by atoms with E-state index in [1.165, 1.54) is 18.3 Å². The second-order valence-corrected chi connectivity index (χ2v) is 4.94. The lowest BCUT2D eigenvalue weighted by atomic mass is 10.1. The SMILES string of the molecule is CCc1cccc(NC(=O)COC(=O)c2ccc(Cl)nc2)c1. The van der Waals surface area contributed by atoms with Crippen LogP contribution in [0, 0.1) is 0 Å². The van der Waals surface area contributed by atoms with E-state index >= 15 is 0 Å². The number of hydrogen-bond acceptors (Lipinski definition) is 4. The van der Waals surface area contributed by atoms with Crippen molar-refractivity contribution in [3.63, 3.8) is 0 Å². The fraction of sp³-hybridized carbons (Fsp3) is 0.188. The first-order valence-corrected chi connectivity index (χ1v) is 7.13. The first-order chi connectivity index (χ1) is 10.6. The molecule has 0 radical (unpaired) electrons. The summed E-state index contributed by atoms with van der Waals surface area (Å²) >= 11 is 5.63. The number of pyridine rings is 1. The van der Waals surface area contributed by atoms with E-state index in [0.717, 1.165) is 12.0 Å². The van der Waals surface area contributed by atoms with Gasteiger partial charge in [0, 0.05) is 11.9 Å². The van der Waals surface area contributed by atoms with Crippen LogP contribution in [0.15, 0.2) is 42.6 Å². The Balaban J connectivity index is 1.87. The van der Waals surface area contributed by atoms with E-state index in [4.69, 9.17) is 16.3 Å². The van der Waals surface area contributed by atoms with Gasteiger partial charge in [0.15, 0.2) is 6.61 Å². The van der Waals surface area contributed by atoms with Gasteiger partial charge in [-0.05, 0) is 36.2 Å². The van der Waals surface area contributed by atoms with Crippen molar-refractivity contribution in [1.29, 1.82) is 0 Å². The van der Waals surface area contributed by atoms with E-state index in [9.17, 15) is 9.59 Å². The van der Waals surface area contributed by atoms with Crippen LogP contribution in [0.3, 0.4) is 0 Å². The number of carbonyl (C=O) groups excluding carboxylic acids is 2. The van der Waals surface area contributed by atoms with Gasteiger partial charge in [0.25, 0.3) is 5.91 Å². The third-order valence-corrected chi connectivity index (χ3v) is 3.14. The van der Waals surface area contributed by atoms with Crippen molar-refractivity contribution in [2.45, 2.75) is 13.3 Å². The molecule has 0 aliphatic heterocycles. The predicted octanol–water partition coefficient (Wildman–Crippen LogP) is 3.09. The van der Waals surface area contributed by atoms with Gasteiger partial charge in [0.1, 0.15) is 5.15 Å². The Morgan fingerprint density at radius 2 is 2.09 bits per heavy atom. The summed E-state index contributed by atoms with van der Waals surface area (Å²) in [5, 5.41) is 2.96. The van der Waals surface area contributed by atoms with Crippen molar-refractivity contribution in [1.82, 2.24) is 4.98 Å². The Hall–Kier alpha value is -2.40. The Morgan fingerprint density at radius 1 is 1.27 bits per heavy atom. The standard InChI is InChI=1S/C16H15ClN2O3/c1-2-11-4-3-5-13(8-11)19-15(20)10-22-16(21)12-6-7-14(17)18-9-12/h3-9H,2,10H2,1H3,(H,19,20). The van der Waals surface area contributed by atoms with Crippen molar-refractivity contribution in [2.75, 3.05) is 11.9 Å². The average Bonchev–Trinajstić information content (AvgIpc) is 2.53. The van der Waals surface area contributed by atoms with Gasteiger partial charge >= 0.3 is 5.97 Å². The van der Waals surface area contributed by atoms with Crippen LogP contribution in [0.5, 0.6) is 0 Å². The predicted molar refractivity (Wildman–Crippen MR) is 84.0 cm³/mol. The molecular formula is C16H15ClN2O3. The Bertz CT molecular complexity index is 671. The van der Waals surface area contributed by atoms with Gasteiger partial charge in [0.05, 0.1) is 5.56 Å². The zero-order valence-electron chi connectivity index (χ0n) is 12.0. The van der Waals surface area contributed by atoms with Crippen LogP contribution < -0.4 is 5.32 Å². The number of halogens is 1. The van der Waals surface area contributed by atoms with E-state index in [2.05, 4.69) is 10.3 Å². The summed E-state index contributed by atoms with van der Waals surface area (Å²) < 4.78 is 4.92. The maximum absolute atomic E-state index is 11.8. The highest BCUT2D eigenvalue weighted by Crippen LogP contribution is 2.11. The number of ether oxygens (including phenoxy) is 1. The van der Waals surface area contributed by atoms with Crippen molar-refractivity contribution in [3.05, 3.63) is 58.9 Å². The fourth-order valence-electron chi connectivity index (χ4n) is 1.78. The van der Waals surface area contributed by atoms with Gasteiger partial charge in [-0.2, -0.15) is 0 Å². The van der Waals surface area contributed by atoms with Crippen LogP contribution in [-0.2, 0) is 16.0 Å². The molecule has 6 heteroatoms. The Labute approximate surface area is 133 Å². The Morgan fingerprint density at radius 3 is 2.77 bits per heavy atom. The number of hydrogen-bond donors (Lipinski definition) is 1. The minimum Gasteiger partial charge on any atom is -0.452 e. The first kappa shape index (κ1) is 16.0. The van der Waals surface area contributed by atoms with Crippen molar-refractivity contribution in [2.24, 2.45) is 0 Å². The van der Waals surface area contributed by atoms with E-state index in [0.29, 0.717) is 5.69 Å². The van der Waals surface area contributed by atoms with Gasteiger partial charge in [-0.1, -0.05) is 30.7 Å². The van der Waals surface area contributed by atoms with Crippen LogP contribution in [0.4, 0.5) is 5.69 Å². The molecule has 0 aliphatic carbocycles. The number of anilines is 1. The third-order valence-electron chi connectivity index (χ3n) is 2.92. The minimum absolute atomic E-state index is 0.241. The van der Waals surface area contributed by atoms with E-state index in [1.807, 2.05) is 25.1 Å². The Kier molecular flexibility index (Phi) is 5.49. The lowest BCUT2D eigenvalue weighted by molar-refractivity contribution is -0.119. The maximum atomic E-state index is 11.8. The number of esters is 1. The first-order valence-electron chi connectivity index (χ1n) is 6.76. The largest absolute Gasteiger partial charge is 0.452 e. The number of rotatable bonds is 5. The van der Waals surface area contributed by atoms with Gasteiger partial charge in [0.2, 0.25) is 0 Å². The minimum atomic E-state index is -0.623. The molecule has 0 unspecified atom stereocenters. The van der Waals surface area contributed by atoms with Gasteiger partial charge < -0.3 is 10.1 Å². The molecule has 1 amide bonds. The fourth-order valence-corrected chi connectivity index (χ4v) is 1.89. The second-order valence-electron chi connectivity index (χ2n) is 4.55. The number of nitrogens with one attached hydrogen (secondary N) is 1. The lowest BCUT2D eigenvalue weighted by Gasteiger charge is -2.07. The van der Waals surface area contributed by atoms with Gasteiger partial charge in [-0.15, -0.1) is 0 Å². The number of aryl methyl sites for hydroxylation is 1. The summed E-state index contributed by atoms with van der Waals surface area (Å²) in [4.78, 5) is 27.3. The molecule has 2 rings (SSSR count). The van der Waals surface area contributed by atoms with E-state index in [1.54, 1.807) is 6.07 Å². The lowest BCUT2D eigenvalue weighted by Crippen LogP contribution is -2.21. The number of nitrogens with zero attached hydrogens (tertiary/aromatic N) is 1. The van der Waals surface area contributed by atoms with Crippen LogP contribution in [0.1, 0.15) is 22.8 Å². The average molecular weight is 319 g/mol. The summed E-state index contributed by atoms with van der Waals surface area (Å²) in [5.74, 6) is -1.02. The number of carbonyl (C=O) groups is 2. The van der Waals surface area contributed by atoms with Gasteiger partial charge in [-0.3, -0.25) is 4.79 Å². The zero-order chi connectivity index (χ0) is 15.9. The van der Waals surface area contributed by atoms with Crippen LogP contribution in [-0.4, -0.2) is 23.5 Å². The summed E-state index contributed by atoms with van der Waals surface area (Å²) in [6.45, 7) is 1.67. The molecule has 114 valence electrons. The van der Waals surface area contributed by atoms with Crippen molar-refractivity contribution < 1.29 is 14.3 Å². The maximum Gasteiger partial charge on any atom is 0.340 e. The van der Waals surface area contributed by atoms with E-state index < -0.39 is 11.9 Å². The molecule has 0 spiro atoms. The molecule has 1 heterocycles. The topological polar surface area (TPSA) is 68.3 Å². The molecule has 0 aliphatic rings. The van der Waals surface area contributed by atoms with E-state index in [-0.39, 0.29) is 17.3 Å². The van der Waals surface area contributed by atoms with Crippen molar-refractivity contribution >= 4 is 29.2 Å². The molecule has 0 bridgehead atoms. The molecule has 0 saturated carbocycles. The molecule has 0 fully saturated rings. The molecular weight excluding hydrogens is 304 g/mol. The highest BCUT2D eigenvalue weighted by Gasteiger charge is 2.11. The quantitative estimate of drug-likeness (QED) is 0.679. The smallest absolute Gasteiger partial charge is 0.340 e. The van der Waals surface area contributed by atoms with Crippen LogP contribution in [0.25, 0.3) is 0 Å². The van der Waals surface area contributed by atoms with Gasteiger partial charge in [-0.25, -0.2) is 9.78 Å². The molecule has 2 aromatic rings. The summed E-state index contributed by atoms with van der Waals surface area (Å²) in [6.07, 6.45) is 2.18. The summed E-state index contributed by atoms with van der Waals surface area (Å²) in [7, 11) is 0. The molecule has 1 aromatic heterocycles. The second kappa shape index (κ2) is 7.56. The number of aromatic nitrogens is 1. The van der Waals surface area contributed by atoms with Crippen molar-refractivity contribution in [3.8, 4) is 0 Å². The molecule has 5 nitrogen and oxygen atoms in total. The molecule has 1 N–H and O–H groups in total. The summed E-state index contributed by atoms with van der Waals surface area (Å²) in [6, 6.07) is 10.5. The molecule has 0 atom stereocenters. The highest BCUT2D eigenvalue weighted by atomic mass is 35.5. The monoisotopic (exact) mass is 318 g/mol. The molecule has 22 heavy (non-hydrogen) atoms. The number of amides is 1. The molecule has 1 aromatic carbocycles. The molecule has 0 saturated heterocycles. The third kappa shape index (κ3) is 4.56. The normalized spacial score (nSPS) is 10.1. The van der Waals surface area contributed by atoms with Crippen LogP contribution >= 0.6 is 11.6 Å².